The lowest BCUT2D eigenvalue weighted by atomic mass is 9.98. The summed E-state index contributed by atoms with van der Waals surface area (Å²) in [5.74, 6) is 1.06. The highest BCUT2D eigenvalue weighted by Gasteiger charge is 2.31. The van der Waals surface area contributed by atoms with E-state index < -0.39 is 6.04 Å². The van der Waals surface area contributed by atoms with E-state index in [1.165, 1.54) is 0 Å². The molecule has 0 spiro atoms. The molecule has 2 saturated heterocycles. The molecule has 2 heterocycles. The van der Waals surface area contributed by atoms with Gasteiger partial charge in [-0.3, -0.25) is 9.59 Å². The van der Waals surface area contributed by atoms with Crippen LogP contribution in [0.25, 0.3) is 0 Å². The standard InChI is InChI=1S/C32H45N3O4/c1-24(2)21-29(33-27-15-19-38-20-16-27)31(36)34-30(32(37)35-17-7-4-8-18-35)22-25-11-13-28(14-12-25)39-23-26-9-5-3-6-10-26/h3,5-6,9-14,24,27,29-30,33H,4,7-8,15-23H2,1-2H3,(H,34,36)/t29-,30+/m0/s1. The van der Waals surface area contributed by atoms with Crippen LogP contribution < -0.4 is 15.4 Å². The summed E-state index contributed by atoms with van der Waals surface area (Å²) in [7, 11) is 0. The molecule has 2 aliphatic rings. The van der Waals surface area contributed by atoms with E-state index >= 15 is 0 Å². The van der Waals surface area contributed by atoms with E-state index in [9.17, 15) is 9.59 Å². The number of carbonyl (C=O) groups excluding carboxylic acids is 2. The number of nitrogens with zero attached hydrogens (tertiary/aromatic N) is 1. The minimum Gasteiger partial charge on any atom is -0.489 e. The van der Waals surface area contributed by atoms with Crippen LogP contribution >= 0.6 is 0 Å². The zero-order valence-electron chi connectivity index (χ0n) is 23.6. The predicted octanol–water partition coefficient (Wildman–Crippen LogP) is 4.49. The van der Waals surface area contributed by atoms with E-state index in [4.69, 9.17) is 9.47 Å². The number of piperidine rings is 1. The van der Waals surface area contributed by atoms with Crippen LogP contribution in [-0.4, -0.2) is 61.1 Å². The van der Waals surface area contributed by atoms with Crippen LogP contribution in [0.1, 0.15) is 63.5 Å². The van der Waals surface area contributed by atoms with Gasteiger partial charge in [-0.2, -0.15) is 0 Å². The molecule has 0 saturated carbocycles. The van der Waals surface area contributed by atoms with Crippen LogP contribution in [0.3, 0.4) is 0 Å². The van der Waals surface area contributed by atoms with E-state index in [1.54, 1.807) is 0 Å². The molecule has 2 amide bonds. The van der Waals surface area contributed by atoms with Crippen molar-refractivity contribution in [2.24, 2.45) is 5.92 Å². The average molecular weight is 536 g/mol. The molecule has 0 aliphatic carbocycles. The SMILES string of the molecule is CC(C)C[C@H](NC1CCOCC1)C(=O)N[C@H](Cc1ccc(OCc2ccccc2)cc1)C(=O)N1CCCCC1. The van der Waals surface area contributed by atoms with Gasteiger partial charge in [0.1, 0.15) is 18.4 Å². The van der Waals surface area contributed by atoms with Crippen LogP contribution in [0.2, 0.25) is 0 Å². The second-order valence-electron chi connectivity index (χ2n) is 11.3. The van der Waals surface area contributed by atoms with Gasteiger partial charge in [0.25, 0.3) is 0 Å². The first-order valence-corrected chi connectivity index (χ1v) is 14.7. The fraction of sp³-hybridized carbons (Fsp3) is 0.562. The van der Waals surface area contributed by atoms with Crippen molar-refractivity contribution in [1.29, 1.82) is 0 Å². The molecule has 212 valence electrons. The number of hydrogen-bond acceptors (Lipinski definition) is 5. The number of rotatable bonds is 12. The molecule has 0 radical (unpaired) electrons. The van der Waals surface area contributed by atoms with Gasteiger partial charge in [-0.05, 0) is 67.7 Å². The molecular weight excluding hydrogens is 490 g/mol. The monoisotopic (exact) mass is 535 g/mol. The highest BCUT2D eigenvalue weighted by Crippen LogP contribution is 2.18. The summed E-state index contributed by atoms with van der Waals surface area (Å²) in [4.78, 5) is 29.2. The molecule has 0 bridgehead atoms. The molecule has 2 aliphatic heterocycles. The molecule has 2 aromatic carbocycles. The van der Waals surface area contributed by atoms with Crippen molar-refractivity contribution in [2.45, 2.75) is 83.5 Å². The van der Waals surface area contributed by atoms with Crippen molar-refractivity contribution in [1.82, 2.24) is 15.5 Å². The number of benzene rings is 2. The van der Waals surface area contributed by atoms with Gasteiger partial charge < -0.3 is 25.0 Å². The number of nitrogens with one attached hydrogen (secondary N) is 2. The third kappa shape index (κ3) is 9.36. The first-order valence-electron chi connectivity index (χ1n) is 14.7. The summed E-state index contributed by atoms with van der Waals surface area (Å²) in [5.41, 5.74) is 2.11. The molecule has 2 fully saturated rings. The van der Waals surface area contributed by atoms with E-state index in [2.05, 4.69) is 24.5 Å². The number of hydrogen-bond donors (Lipinski definition) is 2. The lowest BCUT2D eigenvalue weighted by molar-refractivity contribution is -0.137. The van der Waals surface area contributed by atoms with Gasteiger partial charge >= 0.3 is 0 Å². The van der Waals surface area contributed by atoms with E-state index in [-0.39, 0.29) is 23.9 Å². The van der Waals surface area contributed by atoms with E-state index in [1.807, 2.05) is 59.5 Å². The van der Waals surface area contributed by atoms with Gasteiger partial charge in [-0.25, -0.2) is 0 Å². The van der Waals surface area contributed by atoms with Crippen LogP contribution in [-0.2, 0) is 27.4 Å². The normalized spacial score (nSPS) is 18.0. The van der Waals surface area contributed by atoms with Gasteiger partial charge in [0.15, 0.2) is 0 Å². The van der Waals surface area contributed by atoms with E-state index in [0.717, 1.165) is 81.7 Å². The number of amides is 2. The van der Waals surface area contributed by atoms with Gasteiger partial charge in [-0.1, -0.05) is 56.3 Å². The van der Waals surface area contributed by atoms with E-state index in [0.29, 0.717) is 18.9 Å². The molecule has 2 atom stereocenters. The molecule has 4 rings (SSSR count). The van der Waals surface area contributed by atoms with Crippen molar-refractivity contribution < 1.29 is 19.1 Å². The second kappa shape index (κ2) is 15.0. The maximum absolute atomic E-state index is 13.6. The lowest BCUT2D eigenvalue weighted by Crippen LogP contribution is -2.56. The Balaban J connectivity index is 1.43. The quantitative estimate of drug-likeness (QED) is 0.419. The lowest BCUT2D eigenvalue weighted by Gasteiger charge is -2.33. The zero-order valence-corrected chi connectivity index (χ0v) is 23.6. The van der Waals surface area contributed by atoms with Crippen LogP contribution in [0.15, 0.2) is 54.6 Å². The third-order valence-corrected chi connectivity index (χ3v) is 7.58. The first kappa shape index (κ1) is 29.1. The second-order valence-corrected chi connectivity index (χ2v) is 11.3. The van der Waals surface area contributed by atoms with Gasteiger partial charge in [0.05, 0.1) is 6.04 Å². The van der Waals surface area contributed by atoms with Gasteiger partial charge in [0.2, 0.25) is 11.8 Å². The Bertz CT molecular complexity index is 1020. The van der Waals surface area contributed by atoms with Gasteiger partial charge in [0, 0.05) is 38.8 Å². The minimum absolute atomic E-state index is 0.0156. The number of ether oxygens (including phenoxy) is 2. The fourth-order valence-corrected chi connectivity index (χ4v) is 5.38. The Hall–Kier alpha value is -2.90. The average Bonchev–Trinajstić information content (AvgIpc) is 2.97. The molecule has 7 nitrogen and oxygen atoms in total. The van der Waals surface area contributed by atoms with Crippen LogP contribution in [0.4, 0.5) is 0 Å². The summed E-state index contributed by atoms with van der Waals surface area (Å²) in [6, 6.07) is 17.3. The van der Waals surface area contributed by atoms with Crippen LogP contribution in [0, 0.1) is 5.92 Å². The largest absolute Gasteiger partial charge is 0.489 e. The summed E-state index contributed by atoms with van der Waals surface area (Å²) in [6.45, 7) is 7.71. The third-order valence-electron chi connectivity index (χ3n) is 7.58. The maximum Gasteiger partial charge on any atom is 0.245 e. The Morgan fingerprint density at radius 1 is 0.923 bits per heavy atom. The van der Waals surface area contributed by atoms with Crippen molar-refractivity contribution >= 4 is 11.8 Å². The Morgan fingerprint density at radius 3 is 2.28 bits per heavy atom. The van der Waals surface area contributed by atoms with Crippen molar-refractivity contribution in [3.63, 3.8) is 0 Å². The topological polar surface area (TPSA) is 79.9 Å². The van der Waals surface area contributed by atoms with Crippen molar-refractivity contribution in [3.8, 4) is 5.75 Å². The summed E-state index contributed by atoms with van der Waals surface area (Å²) >= 11 is 0. The Kier molecular flexibility index (Phi) is 11.2. The smallest absolute Gasteiger partial charge is 0.245 e. The molecule has 0 aromatic heterocycles. The molecule has 0 unspecified atom stereocenters. The maximum atomic E-state index is 13.6. The summed E-state index contributed by atoms with van der Waals surface area (Å²) in [6.07, 6.45) is 6.15. The highest BCUT2D eigenvalue weighted by atomic mass is 16.5. The molecule has 7 heteroatoms. The first-order chi connectivity index (χ1) is 19.0. The summed E-state index contributed by atoms with van der Waals surface area (Å²) < 4.78 is 11.4. The van der Waals surface area contributed by atoms with Crippen LogP contribution in [0.5, 0.6) is 5.75 Å². The Morgan fingerprint density at radius 2 is 1.62 bits per heavy atom. The summed E-state index contributed by atoms with van der Waals surface area (Å²) in [5, 5.41) is 6.74. The minimum atomic E-state index is -0.599. The predicted molar refractivity (Wildman–Crippen MR) is 154 cm³/mol. The Labute approximate surface area is 233 Å². The fourth-order valence-electron chi connectivity index (χ4n) is 5.38. The van der Waals surface area contributed by atoms with Gasteiger partial charge in [-0.15, -0.1) is 0 Å². The van der Waals surface area contributed by atoms with Crippen molar-refractivity contribution in [3.05, 3.63) is 65.7 Å². The van der Waals surface area contributed by atoms with Crippen molar-refractivity contribution in [2.75, 3.05) is 26.3 Å². The number of likely N-dealkylation sites (tertiary alicyclic amines) is 1. The molecule has 2 aromatic rings. The molecule has 39 heavy (non-hydrogen) atoms. The molecule has 2 N–H and O–H groups in total. The highest BCUT2D eigenvalue weighted by molar-refractivity contribution is 5.90. The molecular formula is C32H45N3O4. The zero-order chi connectivity index (χ0) is 27.5. The number of carbonyl (C=O) groups is 2.